The number of urea groups is 1. The van der Waals surface area contributed by atoms with Gasteiger partial charge in [-0.25, -0.2) is 4.79 Å². The van der Waals surface area contributed by atoms with Crippen molar-refractivity contribution >= 4 is 17.4 Å². The summed E-state index contributed by atoms with van der Waals surface area (Å²) in [5, 5.41) is 5.69. The van der Waals surface area contributed by atoms with Gasteiger partial charge in [0.1, 0.15) is 0 Å². The Morgan fingerprint density at radius 3 is 2.89 bits per heavy atom. The van der Waals surface area contributed by atoms with E-state index in [0.717, 1.165) is 18.7 Å². The smallest absolute Gasteiger partial charge is 0.319 e. The van der Waals surface area contributed by atoms with Crippen molar-refractivity contribution in [1.82, 2.24) is 5.32 Å². The molecule has 0 unspecified atom stereocenters. The fourth-order valence-corrected chi connectivity index (χ4v) is 2.26. The molecule has 1 aromatic carbocycles. The average Bonchev–Trinajstić information content (AvgIpc) is 2.29. The third-order valence-corrected chi connectivity index (χ3v) is 3.11. The van der Waals surface area contributed by atoms with Crippen LogP contribution in [-0.2, 0) is 6.42 Å². The Labute approximate surface area is 108 Å². The molecule has 98 valence electrons. The molecule has 4 heteroatoms. The van der Waals surface area contributed by atoms with Crippen LogP contribution in [0.15, 0.2) is 18.2 Å². The highest BCUT2D eigenvalue weighted by Gasteiger charge is 2.14. The van der Waals surface area contributed by atoms with E-state index in [0.29, 0.717) is 0 Å². The van der Waals surface area contributed by atoms with Crippen molar-refractivity contribution in [2.45, 2.75) is 32.7 Å². The number of nitrogens with zero attached hydrogens (tertiary/aromatic N) is 1. The summed E-state index contributed by atoms with van der Waals surface area (Å²) in [6.07, 6.45) is 2.32. The maximum absolute atomic E-state index is 11.6. The summed E-state index contributed by atoms with van der Waals surface area (Å²) in [6, 6.07) is 6.12. The Kier molecular flexibility index (Phi) is 3.75. The van der Waals surface area contributed by atoms with Crippen LogP contribution < -0.4 is 15.5 Å². The molecule has 1 aliphatic rings. The quantitative estimate of drug-likeness (QED) is 0.843. The van der Waals surface area contributed by atoms with Crippen molar-refractivity contribution in [3.63, 3.8) is 0 Å². The second-order valence-corrected chi connectivity index (χ2v) is 5.12. The molecule has 2 rings (SSSR count). The molecule has 4 nitrogen and oxygen atoms in total. The van der Waals surface area contributed by atoms with E-state index in [-0.39, 0.29) is 12.1 Å². The minimum absolute atomic E-state index is 0.144. The predicted molar refractivity (Wildman–Crippen MR) is 75.3 cm³/mol. The van der Waals surface area contributed by atoms with Crippen molar-refractivity contribution in [1.29, 1.82) is 0 Å². The van der Waals surface area contributed by atoms with Gasteiger partial charge in [0.25, 0.3) is 0 Å². The third-order valence-electron chi connectivity index (χ3n) is 3.11. The summed E-state index contributed by atoms with van der Waals surface area (Å²) < 4.78 is 0. The Morgan fingerprint density at radius 2 is 2.17 bits per heavy atom. The predicted octanol–water partition coefficient (Wildman–Crippen LogP) is 2.60. The van der Waals surface area contributed by atoms with Gasteiger partial charge in [-0.15, -0.1) is 0 Å². The zero-order valence-electron chi connectivity index (χ0n) is 11.3. The van der Waals surface area contributed by atoms with Crippen LogP contribution in [0.5, 0.6) is 0 Å². The summed E-state index contributed by atoms with van der Waals surface area (Å²) in [5.74, 6) is 0. The number of carbonyl (C=O) groups excluding carboxylic acids is 1. The topological polar surface area (TPSA) is 44.4 Å². The summed E-state index contributed by atoms with van der Waals surface area (Å²) in [7, 11) is 2.09. The van der Waals surface area contributed by atoms with Gasteiger partial charge in [0.05, 0.1) is 0 Å². The maximum Gasteiger partial charge on any atom is 0.319 e. The fraction of sp³-hybridized carbons (Fsp3) is 0.500. The number of anilines is 2. The van der Waals surface area contributed by atoms with E-state index >= 15 is 0 Å². The van der Waals surface area contributed by atoms with Gasteiger partial charge in [0.2, 0.25) is 0 Å². The largest absolute Gasteiger partial charge is 0.374 e. The van der Waals surface area contributed by atoms with Gasteiger partial charge in [-0.2, -0.15) is 0 Å². The van der Waals surface area contributed by atoms with E-state index in [1.807, 2.05) is 19.9 Å². The summed E-state index contributed by atoms with van der Waals surface area (Å²) in [4.78, 5) is 13.9. The van der Waals surface area contributed by atoms with Crippen LogP contribution in [-0.4, -0.2) is 25.7 Å². The van der Waals surface area contributed by atoms with E-state index < -0.39 is 0 Å². The summed E-state index contributed by atoms with van der Waals surface area (Å²) in [6.45, 7) is 4.97. The molecule has 0 atom stereocenters. The van der Waals surface area contributed by atoms with Crippen molar-refractivity contribution in [3.05, 3.63) is 23.8 Å². The van der Waals surface area contributed by atoms with Crippen molar-refractivity contribution in [3.8, 4) is 0 Å². The number of benzene rings is 1. The van der Waals surface area contributed by atoms with Crippen LogP contribution in [0.4, 0.5) is 16.2 Å². The maximum atomic E-state index is 11.6. The first-order valence-electron chi connectivity index (χ1n) is 6.48. The van der Waals surface area contributed by atoms with E-state index in [1.165, 1.54) is 17.7 Å². The van der Waals surface area contributed by atoms with Crippen LogP contribution in [0.25, 0.3) is 0 Å². The second kappa shape index (κ2) is 5.29. The first kappa shape index (κ1) is 12.7. The summed E-state index contributed by atoms with van der Waals surface area (Å²) >= 11 is 0. The molecule has 0 bridgehead atoms. The Morgan fingerprint density at radius 1 is 1.39 bits per heavy atom. The minimum atomic E-state index is -0.150. The molecule has 2 N–H and O–H groups in total. The zero-order chi connectivity index (χ0) is 13.1. The monoisotopic (exact) mass is 247 g/mol. The molecule has 0 aromatic heterocycles. The van der Waals surface area contributed by atoms with Gasteiger partial charge in [0, 0.05) is 31.0 Å². The molecule has 0 saturated carbocycles. The average molecular weight is 247 g/mol. The van der Waals surface area contributed by atoms with Gasteiger partial charge < -0.3 is 15.5 Å². The lowest BCUT2D eigenvalue weighted by atomic mass is 10.0. The van der Waals surface area contributed by atoms with Crippen LogP contribution in [0, 0.1) is 0 Å². The second-order valence-electron chi connectivity index (χ2n) is 5.12. The molecule has 0 fully saturated rings. The molecule has 2 amide bonds. The number of hydrogen-bond donors (Lipinski definition) is 2. The Balaban J connectivity index is 2.11. The highest BCUT2D eigenvalue weighted by atomic mass is 16.2. The van der Waals surface area contributed by atoms with Gasteiger partial charge >= 0.3 is 6.03 Å². The van der Waals surface area contributed by atoms with Crippen molar-refractivity contribution < 1.29 is 4.79 Å². The molecule has 1 aliphatic heterocycles. The molecule has 0 spiro atoms. The molecule has 0 saturated heterocycles. The summed E-state index contributed by atoms with van der Waals surface area (Å²) in [5.41, 5.74) is 3.43. The highest BCUT2D eigenvalue weighted by Crippen LogP contribution is 2.28. The fourth-order valence-electron chi connectivity index (χ4n) is 2.26. The van der Waals surface area contributed by atoms with Crippen LogP contribution in [0.3, 0.4) is 0 Å². The lowest BCUT2D eigenvalue weighted by molar-refractivity contribution is 0.250. The van der Waals surface area contributed by atoms with E-state index in [2.05, 4.69) is 34.7 Å². The number of nitrogens with one attached hydrogen (secondary N) is 2. The van der Waals surface area contributed by atoms with Gasteiger partial charge in [-0.3, -0.25) is 0 Å². The van der Waals surface area contributed by atoms with Crippen LogP contribution in [0.1, 0.15) is 25.8 Å². The van der Waals surface area contributed by atoms with Crippen LogP contribution >= 0.6 is 0 Å². The number of aryl methyl sites for hydroxylation is 1. The number of fused-ring (bicyclic) bond motifs is 1. The third kappa shape index (κ3) is 2.94. The molecule has 1 heterocycles. The Hall–Kier alpha value is -1.71. The van der Waals surface area contributed by atoms with E-state index in [9.17, 15) is 4.79 Å². The molecular formula is C14H21N3O. The first-order chi connectivity index (χ1) is 8.56. The highest BCUT2D eigenvalue weighted by molar-refractivity contribution is 5.90. The van der Waals surface area contributed by atoms with E-state index in [1.54, 1.807) is 0 Å². The standard InChI is InChI=1S/C14H21N3O/c1-10(2)15-14(18)16-12-7-6-11-5-4-8-17(3)13(11)9-12/h6-7,9-10H,4-5,8H2,1-3H3,(H2,15,16,18). The van der Waals surface area contributed by atoms with Crippen molar-refractivity contribution in [2.24, 2.45) is 0 Å². The van der Waals surface area contributed by atoms with Gasteiger partial charge in [0.15, 0.2) is 0 Å². The van der Waals surface area contributed by atoms with Gasteiger partial charge in [-0.1, -0.05) is 6.07 Å². The van der Waals surface area contributed by atoms with Crippen LogP contribution in [0.2, 0.25) is 0 Å². The molecule has 18 heavy (non-hydrogen) atoms. The Bertz CT molecular complexity index is 443. The lowest BCUT2D eigenvalue weighted by Crippen LogP contribution is -2.34. The molecule has 0 aliphatic carbocycles. The number of amides is 2. The molecule has 1 aromatic rings. The number of hydrogen-bond acceptors (Lipinski definition) is 2. The number of carbonyl (C=O) groups is 1. The van der Waals surface area contributed by atoms with Crippen molar-refractivity contribution in [2.75, 3.05) is 23.8 Å². The molecule has 0 radical (unpaired) electrons. The lowest BCUT2D eigenvalue weighted by Gasteiger charge is -2.28. The minimum Gasteiger partial charge on any atom is -0.374 e. The normalized spacial score (nSPS) is 14.3. The first-order valence-corrected chi connectivity index (χ1v) is 6.48. The van der Waals surface area contributed by atoms with E-state index in [4.69, 9.17) is 0 Å². The molecular weight excluding hydrogens is 226 g/mol. The number of rotatable bonds is 2. The zero-order valence-corrected chi connectivity index (χ0v) is 11.3. The SMILES string of the molecule is CC(C)NC(=O)Nc1ccc2c(c1)N(C)CCC2. The van der Waals surface area contributed by atoms with Gasteiger partial charge in [-0.05, 0) is 44.4 Å².